The van der Waals surface area contributed by atoms with Crippen molar-refractivity contribution < 1.29 is 4.39 Å². The zero-order chi connectivity index (χ0) is 14.9. The van der Waals surface area contributed by atoms with Crippen molar-refractivity contribution in [3.63, 3.8) is 0 Å². The van der Waals surface area contributed by atoms with Gasteiger partial charge >= 0.3 is 0 Å². The number of hydrogen-bond acceptors (Lipinski definition) is 4. The predicted molar refractivity (Wildman–Crippen MR) is 86.7 cm³/mol. The lowest BCUT2D eigenvalue weighted by atomic mass is 10.1. The van der Waals surface area contributed by atoms with Crippen molar-refractivity contribution in [2.24, 2.45) is 0 Å². The molecule has 0 saturated carbocycles. The summed E-state index contributed by atoms with van der Waals surface area (Å²) in [7, 11) is 0. The summed E-state index contributed by atoms with van der Waals surface area (Å²) in [5.74, 6) is -0.0967. The van der Waals surface area contributed by atoms with Crippen molar-refractivity contribution in [2.45, 2.75) is 31.5 Å². The Labute approximate surface area is 131 Å². The molecule has 2 atom stereocenters. The summed E-state index contributed by atoms with van der Waals surface area (Å²) in [6.07, 6.45) is 2.45. The fourth-order valence-electron chi connectivity index (χ4n) is 4.20. The van der Waals surface area contributed by atoms with Crippen LogP contribution in [0.15, 0.2) is 18.2 Å². The number of halogens is 1. The lowest BCUT2D eigenvalue weighted by Crippen LogP contribution is -2.52. The van der Waals surface area contributed by atoms with Crippen LogP contribution in [0, 0.1) is 5.82 Å². The van der Waals surface area contributed by atoms with Gasteiger partial charge in [0.15, 0.2) is 0 Å². The van der Waals surface area contributed by atoms with Gasteiger partial charge in [0.25, 0.3) is 0 Å². The highest BCUT2D eigenvalue weighted by Crippen LogP contribution is 2.33. The summed E-state index contributed by atoms with van der Waals surface area (Å²) in [5, 5.41) is 6.85. The van der Waals surface area contributed by atoms with E-state index in [2.05, 4.69) is 26.5 Å². The molecular weight excluding hydrogens is 279 g/mol. The smallest absolute Gasteiger partial charge is 0.125 e. The fourth-order valence-corrected chi connectivity index (χ4v) is 4.20. The van der Waals surface area contributed by atoms with Crippen LogP contribution in [0.25, 0.3) is 0 Å². The van der Waals surface area contributed by atoms with Crippen molar-refractivity contribution in [1.29, 1.82) is 0 Å². The summed E-state index contributed by atoms with van der Waals surface area (Å²) < 4.78 is 14.1. The second kappa shape index (κ2) is 6.14. The highest BCUT2D eigenvalue weighted by atomic mass is 19.1. The Morgan fingerprint density at radius 1 is 1.00 bits per heavy atom. The summed E-state index contributed by atoms with van der Waals surface area (Å²) in [6, 6.07) is 6.70. The predicted octanol–water partition coefficient (Wildman–Crippen LogP) is 1.17. The summed E-state index contributed by atoms with van der Waals surface area (Å²) in [6.45, 7) is 7.07. The maximum Gasteiger partial charge on any atom is 0.125 e. The van der Waals surface area contributed by atoms with Gasteiger partial charge in [-0.25, -0.2) is 4.39 Å². The Bertz CT molecular complexity index is 513. The fraction of sp³-hybridized carbons (Fsp3) is 0.647. The van der Waals surface area contributed by atoms with E-state index < -0.39 is 0 Å². The van der Waals surface area contributed by atoms with Crippen LogP contribution in [0.5, 0.6) is 0 Å². The van der Waals surface area contributed by atoms with Crippen molar-refractivity contribution in [2.75, 3.05) is 44.2 Å². The van der Waals surface area contributed by atoms with Crippen molar-refractivity contribution >= 4 is 5.69 Å². The molecule has 2 unspecified atom stereocenters. The number of fused-ring (bicyclic) bond motifs is 2. The van der Waals surface area contributed by atoms with Crippen LogP contribution in [0.1, 0.15) is 18.4 Å². The van der Waals surface area contributed by atoms with E-state index in [4.69, 9.17) is 0 Å². The molecule has 5 heteroatoms. The Hall–Kier alpha value is -1.17. The average Bonchev–Trinajstić information content (AvgIpc) is 2.77. The van der Waals surface area contributed by atoms with Gasteiger partial charge in [-0.1, -0.05) is 0 Å². The van der Waals surface area contributed by atoms with E-state index in [1.165, 1.54) is 12.8 Å². The Morgan fingerprint density at radius 2 is 1.73 bits per heavy atom. The first-order valence-corrected chi connectivity index (χ1v) is 8.51. The number of hydrogen-bond donors (Lipinski definition) is 2. The number of nitrogens with zero attached hydrogens (tertiary/aromatic N) is 2. The molecule has 0 spiro atoms. The van der Waals surface area contributed by atoms with Crippen LogP contribution < -0.4 is 15.5 Å². The first-order valence-electron chi connectivity index (χ1n) is 8.51. The highest BCUT2D eigenvalue weighted by molar-refractivity contribution is 5.53. The van der Waals surface area contributed by atoms with E-state index >= 15 is 0 Å². The van der Waals surface area contributed by atoms with Gasteiger partial charge in [-0.05, 0) is 36.6 Å². The van der Waals surface area contributed by atoms with Gasteiger partial charge in [-0.3, -0.25) is 4.90 Å². The van der Waals surface area contributed by atoms with Crippen LogP contribution in [-0.2, 0) is 6.54 Å². The van der Waals surface area contributed by atoms with Crippen LogP contribution in [0.2, 0.25) is 0 Å². The average molecular weight is 304 g/mol. The molecule has 3 fully saturated rings. The topological polar surface area (TPSA) is 30.5 Å². The number of rotatable bonds is 3. The van der Waals surface area contributed by atoms with Gasteiger partial charge in [0.1, 0.15) is 5.82 Å². The van der Waals surface area contributed by atoms with Crippen LogP contribution in [0.4, 0.5) is 10.1 Å². The molecule has 3 aliphatic rings. The molecule has 2 bridgehead atoms. The van der Waals surface area contributed by atoms with Gasteiger partial charge < -0.3 is 15.5 Å². The molecule has 4 nitrogen and oxygen atoms in total. The minimum Gasteiger partial charge on any atom is -0.363 e. The zero-order valence-electron chi connectivity index (χ0n) is 13.0. The third-order valence-corrected chi connectivity index (χ3v) is 5.24. The van der Waals surface area contributed by atoms with Crippen LogP contribution >= 0.6 is 0 Å². The van der Waals surface area contributed by atoms with Crippen molar-refractivity contribution in [1.82, 2.24) is 15.5 Å². The molecule has 3 heterocycles. The van der Waals surface area contributed by atoms with Gasteiger partial charge in [0.05, 0.1) is 0 Å². The molecule has 3 aliphatic heterocycles. The van der Waals surface area contributed by atoms with Crippen LogP contribution in [0.3, 0.4) is 0 Å². The van der Waals surface area contributed by atoms with Crippen LogP contribution in [-0.4, -0.2) is 56.3 Å². The van der Waals surface area contributed by atoms with Gasteiger partial charge in [-0.2, -0.15) is 0 Å². The Morgan fingerprint density at radius 3 is 2.45 bits per heavy atom. The number of nitrogens with one attached hydrogen (secondary N) is 2. The molecule has 0 amide bonds. The maximum absolute atomic E-state index is 14.1. The largest absolute Gasteiger partial charge is 0.363 e. The molecule has 22 heavy (non-hydrogen) atoms. The third-order valence-electron chi connectivity index (χ3n) is 5.24. The molecule has 1 aromatic rings. The minimum absolute atomic E-state index is 0.0967. The minimum atomic E-state index is -0.0967. The van der Waals surface area contributed by atoms with Gasteiger partial charge in [-0.15, -0.1) is 0 Å². The molecule has 1 aromatic carbocycles. The molecule has 0 aromatic heterocycles. The van der Waals surface area contributed by atoms with E-state index in [9.17, 15) is 4.39 Å². The molecule has 0 radical (unpaired) electrons. The maximum atomic E-state index is 14.1. The number of benzene rings is 1. The number of anilines is 1. The monoisotopic (exact) mass is 304 g/mol. The second-order valence-electron chi connectivity index (χ2n) is 6.79. The van der Waals surface area contributed by atoms with E-state index in [0.29, 0.717) is 12.1 Å². The molecule has 2 N–H and O–H groups in total. The van der Waals surface area contributed by atoms with E-state index in [0.717, 1.165) is 57.1 Å². The molecule has 3 saturated heterocycles. The van der Waals surface area contributed by atoms with Crippen molar-refractivity contribution in [3.8, 4) is 0 Å². The molecule has 120 valence electrons. The highest BCUT2D eigenvalue weighted by Gasteiger charge is 2.36. The Balaban J connectivity index is 1.55. The lowest BCUT2D eigenvalue weighted by molar-refractivity contribution is 0.233. The SMILES string of the molecule is Fc1cc(CN2CCNCC2)cc(N2C3CCC2CNC3)c1. The second-order valence-corrected chi connectivity index (χ2v) is 6.79. The first kappa shape index (κ1) is 14.4. The van der Waals surface area contributed by atoms with E-state index in [1.54, 1.807) is 12.1 Å². The standard InChI is InChI=1S/C17H25FN4/c18-14-7-13(12-21-5-3-19-4-6-21)8-17(9-14)22-15-1-2-16(22)11-20-10-15/h7-9,15-16,19-20H,1-6,10-12H2. The molecular formula is C17H25FN4. The quantitative estimate of drug-likeness (QED) is 0.878. The van der Waals surface area contributed by atoms with Gasteiger partial charge in [0, 0.05) is 63.6 Å². The summed E-state index contributed by atoms with van der Waals surface area (Å²) in [5.41, 5.74) is 2.19. The van der Waals surface area contributed by atoms with Crippen molar-refractivity contribution in [3.05, 3.63) is 29.6 Å². The molecule has 0 aliphatic carbocycles. The normalized spacial score (nSPS) is 29.0. The van der Waals surface area contributed by atoms with E-state index in [1.807, 2.05) is 0 Å². The van der Waals surface area contributed by atoms with E-state index in [-0.39, 0.29) is 5.82 Å². The summed E-state index contributed by atoms with van der Waals surface area (Å²) >= 11 is 0. The first-order chi connectivity index (χ1) is 10.8. The summed E-state index contributed by atoms with van der Waals surface area (Å²) in [4.78, 5) is 4.86. The number of piperazine rings is 2. The lowest BCUT2D eigenvalue weighted by Gasteiger charge is -2.37. The zero-order valence-corrected chi connectivity index (χ0v) is 13.0. The Kier molecular flexibility index (Phi) is 4.03. The van der Waals surface area contributed by atoms with Gasteiger partial charge in [0.2, 0.25) is 0 Å². The molecule has 4 rings (SSSR count). The third kappa shape index (κ3) is 2.85.